The second kappa shape index (κ2) is 4.20. The third-order valence-electron chi connectivity index (χ3n) is 3.32. The quantitative estimate of drug-likeness (QED) is 0.688. The minimum absolute atomic E-state index is 0.683. The Morgan fingerprint density at radius 2 is 2.07 bits per heavy atom. The van der Waals surface area contributed by atoms with Gasteiger partial charge in [-0.2, -0.15) is 0 Å². The highest BCUT2D eigenvalue weighted by atomic mass is 16.3. The molecule has 0 saturated heterocycles. The van der Waals surface area contributed by atoms with Gasteiger partial charge in [0.15, 0.2) is 0 Å². The van der Waals surface area contributed by atoms with Gasteiger partial charge in [0.05, 0.1) is 0 Å². The van der Waals surface area contributed by atoms with E-state index in [1.54, 1.807) is 0 Å². The molecule has 1 aliphatic carbocycles. The molecule has 1 fully saturated rings. The summed E-state index contributed by atoms with van der Waals surface area (Å²) < 4.78 is 5.80. The lowest BCUT2D eigenvalue weighted by Gasteiger charge is -2.19. The van der Waals surface area contributed by atoms with Crippen LogP contribution in [-0.4, -0.2) is 0 Å². The molecular formula is C13H19O. The lowest BCUT2D eigenvalue weighted by Crippen LogP contribution is -2.02. The van der Waals surface area contributed by atoms with Gasteiger partial charge in [-0.25, -0.2) is 0 Å². The lowest BCUT2D eigenvalue weighted by molar-refractivity contribution is 0.367. The fourth-order valence-electron chi connectivity index (χ4n) is 2.38. The van der Waals surface area contributed by atoms with Gasteiger partial charge < -0.3 is 4.42 Å². The van der Waals surface area contributed by atoms with Crippen LogP contribution in [0.2, 0.25) is 0 Å². The van der Waals surface area contributed by atoms with Crippen LogP contribution >= 0.6 is 0 Å². The number of rotatable bonds is 2. The van der Waals surface area contributed by atoms with E-state index < -0.39 is 0 Å². The average molecular weight is 191 g/mol. The lowest BCUT2D eigenvalue weighted by atomic mass is 9.87. The zero-order valence-corrected chi connectivity index (χ0v) is 9.01. The van der Waals surface area contributed by atoms with Gasteiger partial charge in [0.25, 0.3) is 0 Å². The third-order valence-corrected chi connectivity index (χ3v) is 3.32. The van der Waals surface area contributed by atoms with E-state index >= 15 is 0 Å². The topological polar surface area (TPSA) is 13.1 Å². The SMILES string of the molecule is [CH2]Cc1cc(C2CCCCC2)oc1C. The van der Waals surface area contributed by atoms with Crippen LogP contribution in [0.5, 0.6) is 0 Å². The number of hydrogen-bond acceptors (Lipinski definition) is 1. The summed E-state index contributed by atoms with van der Waals surface area (Å²) in [6.45, 7) is 5.96. The summed E-state index contributed by atoms with van der Waals surface area (Å²) in [7, 11) is 0. The van der Waals surface area contributed by atoms with Crippen molar-refractivity contribution in [1.29, 1.82) is 0 Å². The third kappa shape index (κ3) is 1.87. The van der Waals surface area contributed by atoms with Crippen LogP contribution in [0.15, 0.2) is 10.5 Å². The zero-order chi connectivity index (χ0) is 9.97. The number of hydrogen-bond donors (Lipinski definition) is 0. The Morgan fingerprint density at radius 3 is 2.64 bits per heavy atom. The Bertz CT molecular complexity index is 292. The first-order valence-electron chi connectivity index (χ1n) is 5.69. The maximum absolute atomic E-state index is 5.80. The van der Waals surface area contributed by atoms with E-state index in [1.807, 2.05) is 6.92 Å². The molecule has 1 radical (unpaired) electrons. The van der Waals surface area contributed by atoms with Gasteiger partial charge in [-0.15, -0.1) is 0 Å². The molecule has 1 saturated carbocycles. The van der Waals surface area contributed by atoms with Crippen LogP contribution in [0.4, 0.5) is 0 Å². The number of furan rings is 1. The predicted molar refractivity (Wildman–Crippen MR) is 58.3 cm³/mol. The first-order valence-corrected chi connectivity index (χ1v) is 5.69. The summed E-state index contributed by atoms with van der Waals surface area (Å²) in [6, 6.07) is 2.22. The molecule has 0 aromatic carbocycles. The van der Waals surface area contributed by atoms with Crippen molar-refractivity contribution in [2.45, 2.75) is 51.4 Å². The van der Waals surface area contributed by atoms with E-state index in [-0.39, 0.29) is 0 Å². The standard InChI is InChI=1S/C13H19O/c1-3-11-9-13(14-10(11)2)12-7-5-4-6-8-12/h9,12H,1,3-8H2,2H3. The Hall–Kier alpha value is -0.720. The minimum Gasteiger partial charge on any atom is -0.466 e. The van der Waals surface area contributed by atoms with Gasteiger partial charge >= 0.3 is 0 Å². The normalized spacial score (nSPS) is 18.7. The van der Waals surface area contributed by atoms with Gasteiger partial charge in [-0.05, 0) is 44.7 Å². The van der Waals surface area contributed by atoms with Crippen LogP contribution in [0.25, 0.3) is 0 Å². The van der Waals surface area contributed by atoms with E-state index in [0.29, 0.717) is 5.92 Å². The smallest absolute Gasteiger partial charge is 0.107 e. The van der Waals surface area contributed by atoms with Gasteiger partial charge in [0.2, 0.25) is 0 Å². The highest BCUT2D eigenvalue weighted by Gasteiger charge is 2.19. The molecule has 77 valence electrons. The summed E-state index contributed by atoms with van der Waals surface area (Å²) in [5, 5.41) is 0. The summed E-state index contributed by atoms with van der Waals surface area (Å²) >= 11 is 0. The molecule has 0 aliphatic heterocycles. The van der Waals surface area contributed by atoms with Gasteiger partial charge in [-0.3, -0.25) is 0 Å². The van der Waals surface area contributed by atoms with E-state index in [0.717, 1.165) is 12.2 Å². The molecule has 1 aromatic heterocycles. The monoisotopic (exact) mass is 191 g/mol. The molecule has 1 nitrogen and oxygen atoms in total. The second-order valence-electron chi connectivity index (χ2n) is 4.32. The van der Waals surface area contributed by atoms with Crippen molar-refractivity contribution in [2.75, 3.05) is 0 Å². The van der Waals surface area contributed by atoms with Gasteiger partial charge in [-0.1, -0.05) is 19.3 Å². The van der Waals surface area contributed by atoms with Gasteiger partial charge in [0.1, 0.15) is 11.5 Å². The number of aryl methyl sites for hydroxylation is 1. The van der Waals surface area contributed by atoms with Crippen molar-refractivity contribution in [3.8, 4) is 0 Å². The zero-order valence-electron chi connectivity index (χ0n) is 9.01. The molecule has 0 spiro atoms. The van der Waals surface area contributed by atoms with Crippen molar-refractivity contribution in [1.82, 2.24) is 0 Å². The fourth-order valence-corrected chi connectivity index (χ4v) is 2.38. The van der Waals surface area contributed by atoms with Crippen molar-refractivity contribution in [2.24, 2.45) is 0 Å². The second-order valence-corrected chi connectivity index (χ2v) is 4.32. The Labute approximate surface area is 86.5 Å². The molecule has 1 aliphatic rings. The maximum Gasteiger partial charge on any atom is 0.107 e. The van der Waals surface area contributed by atoms with Crippen molar-refractivity contribution < 1.29 is 4.42 Å². The average Bonchev–Trinajstić information content (AvgIpc) is 2.61. The first-order chi connectivity index (χ1) is 6.81. The largest absolute Gasteiger partial charge is 0.466 e. The van der Waals surface area contributed by atoms with E-state index in [9.17, 15) is 0 Å². The van der Waals surface area contributed by atoms with Crippen LogP contribution in [-0.2, 0) is 6.42 Å². The molecule has 1 heteroatoms. The van der Waals surface area contributed by atoms with Crippen molar-refractivity contribution in [3.05, 3.63) is 30.1 Å². The molecule has 1 heterocycles. The molecule has 0 amide bonds. The molecule has 0 unspecified atom stereocenters. The van der Waals surface area contributed by atoms with E-state index in [2.05, 4.69) is 13.0 Å². The molecule has 2 rings (SSSR count). The Balaban J connectivity index is 2.14. The summed E-state index contributed by atoms with van der Waals surface area (Å²) in [6.07, 6.45) is 7.60. The van der Waals surface area contributed by atoms with Crippen molar-refractivity contribution >= 4 is 0 Å². The summed E-state index contributed by atoms with van der Waals surface area (Å²) in [5.41, 5.74) is 1.28. The summed E-state index contributed by atoms with van der Waals surface area (Å²) in [4.78, 5) is 0. The van der Waals surface area contributed by atoms with Crippen LogP contribution in [0.1, 0.15) is 55.1 Å². The fraction of sp³-hybridized carbons (Fsp3) is 0.615. The van der Waals surface area contributed by atoms with E-state index in [1.165, 1.54) is 43.4 Å². The molecule has 1 aromatic rings. The molecule has 0 N–H and O–H groups in total. The molecule has 14 heavy (non-hydrogen) atoms. The van der Waals surface area contributed by atoms with Crippen molar-refractivity contribution in [3.63, 3.8) is 0 Å². The van der Waals surface area contributed by atoms with Gasteiger partial charge in [0, 0.05) is 5.92 Å². The predicted octanol–water partition coefficient (Wildman–Crippen LogP) is 4.01. The highest BCUT2D eigenvalue weighted by Crippen LogP contribution is 2.34. The highest BCUT2D eigenvalue weighted by molar-refractivity contribution is 5.23. The minimum atomic E-state index is 0.683. The maximum atomic E-state index is 5.80. The first kappa shape index (κ1) is 9.82. The molecule has 0 atom stereocenters. The Kier molecular flexibility index (Phi) is 2.95. The van der Waals surface area contributed by atoms with Crippen LogP contribution in [0.3, 0.4) is 0 Å². The van der Waals surface area contributed by atoms with Crippen LogP contribution < -0.4 is 0 Å². The van der Waals surface area contributed by atoms with E-state index in [4.69, 9.17) is 4.42 Å². The Morgan fingerprint density at radius 1 is 1.36 bits per heavy atom. The molecule has 0 bridgehead atoms. The summed E-state index contributed by atoms with van der Waals surface area (Å²) in [5.74, 6) is 2.96. The molecular weight excluding hydrogens is 172 g/mol. The van der Waals surface area contributed by atoms with Crippen LogP contribution in [0, 0.1) is 13.8 Å².